The van der Waals surface area contributed by atoms with Gasteiger partial charge in [-0.25, -0.2) is 4.98 Å². The Kier molecular flexibility index (Phi) is 3.48. The van der Waals surface area contributed by atoms with Gasteiger partial charge in [0.15, 0.2) is 6.29 Å². The molecule has 0 aliphatic rings. The fraction of sp³-hybridized carbons (Fsp3) is 0. The number of ether oxygens (including phenoxy) is 1. The van der Waals surface area contributed by atoms with Crippen molar-refractivity contribution < 1.29 is 9.53 Å². The van der Waals surface area contributed by atoms with Gasteiger partial charge in [-0.3, -0.25) is 4.79 Å². The molecule has 0 N–H and O–H groups in total. The second-order valence-corrected chi connectivity index (χ2v) is 5.10. The SMILES string of the molecule is O=Cc1cc(Oc2ccc3ccccc3n2)ccc1Br. The monoisotopic (exact) mass is 327 g/mol. The predicted octanol–water partition coefficient (Wildman–Crippen LogP) is 4.60. The summed E-state index contributed by atoms with van der Waals surface area (Å²) in [6.07, 6.45) is 0.783. The first-order valence-electron chi connectivity index (χ1n) is 6.04. The molecule has 0 fully saturated rings. The van der Waals surface area contributed by atoms with Crippen molar-refractivity contribution in [2.45, 2.75) is 0 Å². The van der Waals surface area contributed by atoms with Crippen LogP contribution in [0.3, 0.4) is 0 Å². The highest BCUT2D eigenvalue weighted by atomic mass is 79.9. The third-order valence-corrected chi connectivity index (χ3v) is 3.61. The van der Waals surface area contributed by atoms with Crippen LogP contribution >= 0.6 is 15.9 Å². The molecule has 1 aromatic heterocycles. The molecule has 0 aliphatic heterocycles. The third kappa shape index (κ3) is 2.56. The Morgan fingerprint density at radius 3 is 2.75 bits per heavy atom. The van der Waals surface area contributed by atoms with E-state index in [4.69, 9.17) is 4.74 Å². The molecular formula is C16H10BrNO2. The number of fused-ring (bicyclic) bond motifs is 1. The molecule has 0 saturated carbocycles. The number of hydrogen-bond acceptors (Lipinski definition) is 3. The third-order valence-electron chi connectivity index (χ3n) is 2.89. The molecule has 3 nitrogen and oxygen atoms in total. The van der Waals surface area contributed by atoms with Gasteiger partial charge in [-0.1, -0.05) is 34.1 Å². The van der Waals surface area contributed by atoms with E-state index in [1.807, 2.05) is 36.4 Å². The zero-order valence-corrected chi connectivity index (χ0v) is 12.0. The van der Waals surface area contributed by atoms with Crippen molar-refractivity contribution in [1.82, 2.24) is 4.98 Å². The second kappa shape index (κ2) is 5.43. The van der Waals surface area contributed by atoms with Crippen LogP contribution in [-0.2, 0) is 0 Å². The van der Waals surface area contributed by atoms with Gasteiger partial charge in [-0.2, -0.15) is 0 Å². The summed E-state index contributed by atoms with van der Waals surface area (Å²) in [6, 6.07) is 16.8. The lowest BCUT2D eigenvalue weighted by atomic mass is 10.2. The van der Waals surface area contributed by atoms with Crippen LogP contribution in [0.25, 0.3) is 10.9 Å². The molecule has 0 saturated heterocycles. The number of carbonyl (C=O) groups is 1. The van der Waals surface area contributed by atoms with Gasteiger partial charge in [0, 0.05) is 21.5 Å². The molecule has 0 atom stereocenters. The van der Waals surface area contributed by atoms with Crippen LogP contribution < -0.4 is 4.74 Å². The number of pyridine rings is 1. The van der Waals surface area contributed by atoms with Crippen LogP contribution in [0.15, 0.2) is 59.1 Å². The van der Waals surface area contributed by atoms with E-state index in [2.05, 4.69) is 20.9 Å². The summed E-state index contributed by atoms with van der Waals surface area (Å²) in [5.74, 6) is 1.08. The molecule has 98 valence electrons. The standard InChI is InChI=1S/C16H10BrNO2/c17-14-7-6-13(9-12(14)10-19)20-16-8-5-11-3-1-2-4-15(11)18-16/h1-10H. The quantitative estimate of drug-likeness (QED) is 0.660. The van der Waals surface area contributed by atoms with Crippen LogP contribution in [0, 0.1) is 0 Å². The van der Waals surface area contributed by atoms with E-state index in [0.717, 1.165) is 21.7 Å². The van der Waals surface area contributed by atoms with Gasteiger partial charge in [-0.05, 0) is 30.3 Å². The molecule has 3 aromatic rings. The predicted molar refractivity (Wildman–Crippen MR) is 81.3 cm³/mol. The number of hydrogen-bond donors (Lipinski definition) is 0. The molecule has 2 aromatic carbocycles. The average molecular weight is 328 g/mol. The number of carbonyl (C=O) groups excluding carboxylic acids is 1. The Morgan fingerprint density at radius 1 is 1.05 bits per heavy atom. The number of aromatic nitrogens is 1. The lowest BCUT2D eigenvalue weighted by Gasteiger charge is -2.07. The van der Waals surface area contributed by atoms with Crippen LogP contribution in [-0.4, -0.2) is 11.3 Å². The van der Waals surface area contributed by atoms with Crippen molar-refractivity contribution in [2.24, 2.45) is 0 Å². The second-order valence-electron chi connectivity index (χ2n) is 4.25. The lowest BCUT2D eigenvalue weighted by Crippen LogP contribution is -1.90. The first-order chi connectivity index (χ1) is 9.76. The Hall–Kier alpha value is -2.20. The average Bonchev–Trinajstić information content (AvgIpc) is 2.49. The summed E-state index contributed by atoms with van der Waals surface area (Å²) in [7, 11) is 0. The molecule has 0 radical (unpaired) electrons. The highest BCUT2D eigenvalue weighted by Crippen LogP contribution is 2.26. The maximum atomic E-state index is 10.9. The fourth-order valence-electron chi connectivity index (χ4n) is 1.90. The van der Waals surface area contributed by atoms with Crippen LogP contribution in [0.2, 0.25) is 0 Å². The zero-order valence-electron chi connectivity index (χ0n) is 10.4. The molecule has 3 rings (SSSR count). The molecular weight excluding hydrogens is 318 g/mol. The fourth-order valence-corrected chi connectivity index (χ4v) is 2.24. The first-order valence-corrected chi connectivity index (χ1v) is 6.84. The summed E-state index contributed by atoms with van der Waals surface area (Å²) in [5, 5.41) is 1.06. The van der Waals surface area contributed by atoms with Crippen molar-refractivity contribution in [2.75, 3.05) is 0 Å². The van der Waals surface area contributed by atoms with Gasteiger partial charge in [0.2, 0.25) is 5.88 Å². The van der Waals surface area contributed by atoms with E-state index in [0.29, 0.717) is 17.2 Å². The number of halogens is 1. The van der Waals surface area contributed by atoms with Crippen LogP contribution in [0.1, 0.15) is 10.4 Å². The molecule has 1 heterocycles. The lowest BCUT2D eigenvalue weighted by molar-refractivity contribution is 0.112. The molecule has 0 amide bonds. The minimum atomic E-state index is 0.503. The summed E-state index contributed by atoms with van der Waals surface area (Å²) in [4.78, 5) is 15.3. The number of para-hydroxylation sites is 1. The van der Waals surface area contributed by atoms with Crippen molar-refractivity contribution in [3.8, 4) is 11.6 Å². The van der Waals surface area contributed by atoms with Gasteiger partial charge in [-0.15, -0.1) is 0 Å². The smallest absolute Gasteiger partial charge is 0.219 e. The Bertz CT molecular complexity index is 786. The number of benzene rings is 2. The van der Waals surface area contributed by atoms with Gasteiger partial charge in [0.1, 0.15) is 5.75 Å². The number of rotatable bonds is 3. The maximum Gasteiger partial charge on any atom is 0.219 e. The highest BCUT2D eigenvalue weighted by Gasteiger charge is 2.04. The van der Waals surface area contributed by atoms with Gasteiger partial charge >= 0.3 is 0 Å². The van der Waals surface area contributed by atoms with Crippen molar-refractivity contribution in [3.05, 3.63) is 64.6 Å². The molecule has 0 unspecified atom stereocenters. The van der Waals surface area contributed by atoms with E-state index >= 15 is 0 Å². The maximum absolute atomic E-state index is 10.9. The topological polar surface area (TPSA) is 39.2 Å². The summed E-state index contributed by atoms with van der Waals surface area (Å²) in [5.41, 5.74) is 1.42. The minimum Gasteiger partial charge on any atom is -0.439 e. The zero-order chi connectivity index (χ0) is 13.9. The number of nitrogens with zero attached hydrogens (tertiary/aromatic N) is 1. The normalized spacial score (nSPS) is 10.4. The van der Waals surface area contributed by atoms with E-state index in [-0.39, 0.29) is 0 Å². The summed E-state index contributed by atoms with van der Waals surface area (Å²) < 4.78 is 6.44. The first kappa shape index (κ1) is 12.8. The summed E-state index contributed by atoms with van der Waals surface area (Å²) >= 11 is 3.31. The summed E-state index contributed by atoms with van der Waals surface area (Å²) in [6.45, 7) is 0. The van der Waals surface area contributed by atoms with Gasteiger partial charge in [0.05, 0.1) is 5.52 Å². The van der Waals surface area contributed by atoms with E-state index in [9.17, 15) is 4.79 Å². The molecule has 0 aliphatic carbocycles. The minimum absolute atomic E-state index is 0.503. The van der Waals surface area contributed by atoms with Crippen molar-refractivity contribution in [1.29, 1.82) is 0 Å². The highest BCUT2D eigenvalue weighted by molar-refractivity contribution is 9.10. The molecule has 0 bridgehead atoms. The van der Waals surface area contributed by atoms with E-state index in [1.165, 1.54) is 0 Å². The van der Waals surface area contributed by atoms with Gasteiger partial charge < -0.3 is 4.74 Å². The van der Waals surface area contributed by atoms with Crippen molar-refractivity contribution >= 4 is 33.1 Å². The van der Waals surface area contributed by atoms with Crippen LogP contribution in [0.5, 0.6) is 11.6 Å². The van der Waals surface area contributed by atoms with Crippen LogP contribution in [0.4, 0.5) is 0 Å². The molecule has 0 spiro atoms. The Balaban J connectivity index is 1.94. The van der Waals surface area contributed by atoms with E-state index in [1.54, 1.807) is 18.2 Å². The Labute approximate surface area is 124 Å². The van der Waals surface area contributed by atoms with Gasteiger partial charge in [0.25, 0.3) is 0 Å². The Morgan fingerprint density at radius 2 is 1.90 bits per heavy atom. The number of aldehydes is 1. The molecule has 20 heavy (non-hydrogen) atoms. The molecule has 4 heteroatoms. The van der Waals surface area contributed by atoms with Crippen molar-refractivity contribution in [3.63, 3.8) is 0 Å². The van der Waals surface area contributed by atoms with E-state index < -0.39 is 0 Å². The largest absolute Gasteiger partial charge is 0.439 e.